The summed E-state index contributed by atoms with van der Waals surface area (Å²) in [6.45, 7) is 0. The summed E-state index contributed by atoms with van der Waals surface area (Å²) in [5.41, 5.74) is 5.27. The van der Waals surface area contributed by atoms with Gasteiger partial charge in [-0.05, 0) is 66.5 Å². The first-order valence-corrected chi connectivity index (χ1v) is 12.2. The average Bonchev–Trinajstić information content (AvgIpc) is 3.66. The van der Waals surface area contributed by atoms with Gasteiger partial charge in [0.25, 0.3) is 0 Å². The van der Waals surface area contributed by atoms with Gasteiger partial charge in [0.2, 0.25) is 5.91 Å². The van der Waals surface area contributed by atoms with Gasteiger partial charge in [0.15, 0.2) is 5.78 Å². The van der Waals surface area contributed by atoms with Crippen molar-refractivity contribution >= 4 is 40.4 Å². The van der Waals surface area contributed by atoms with E-state index in [9.17, 15) is 9.59 Å². The Hall–Kier alpha value is -4.84. The van der Waals surface area contributed by atoms with Crippen LogP contribution in [0.1, 0.15) is 45.2 Å². The first-order valence-electron chi connectivity index (χ1n) is 12.2. The number of fused-ring (bicyclic) bond motifs is 1. The summed E-state index contributed by atoms with van der Waals surface area (Å²) in [6.07, 6.45) is 6.39. The number of nitrogens with zero attached hydrogens (tertiary/aromatic N) is 2. The molecule has 1 saturated carbocycles. The molecule has 1 amide bonds. The van der Waals surface area contributed by atoms with Gasteiger partial charge >= 0.3 is 0 Å². The molecular formula is C31H24N4O2. The zero-order chi connectivity index (χ0) is 25.2. The fourth-order valence-electron chi connectivity index (χ4n) is 4.64. The second kappa shape index (κ2) is 9.66. The molecular weight excluding hydrogens is 460 g/mol. The molecule has 1 unspecified atom stereocenters. The van der Waals surface area contributed by atoms with Crippen LogP contribution in [0, 0.1) is 5.92 Å². The number of hydrogen-bond acceptors (Lipinski definition) is 4. The normalized spacial score (nSPS) is 16.6. The number of carbonyl (C=O) groups is 2. The fraction of sp³-hybridized carbons (Fsp3) is 0.0968. The van der Waals surface area contributed by atoms with Gasteiger partial charge in [-0.2, -0.15) is 5.10 Å². The Kier molecular flexibility index (Phi) is 5.91. The molecule has 6 nitrogen and oxygen atoms in total. The SMILES string of the molecule is O=C(c1cccc(NC(=O)C2C[C@H]2c2ccccc2)c1)c1ccc2c(C=Cc3ccccn3)n[nH]c2c1. The van der Waals surface area contributed by atoms with Gasteiger partial charge in [-0.3, -0.25) is 19.7 Å². The van der Waals surface area contributed by atoms with Crippen molar-refractivity contribution in [3.63, 3.8) is 0 Å². The van der Waals surface area contributed by atoms with Crippen LogP contribution in [-0.4, -0.2) is 26.9 Å². The lowest BCUT2D eigenvalue weighted by atomic mass is 10.0. The molecule has 0 bridgehead atoms. The van der Waals surface area contributed by atoms with Crippen molar-refractivity contribution in [2.45, 2.75) is 12.3 Å². The Morgan fingerprint density at radius 2 is 1.70 bits per heavy atom. The standard InChI is InChI=1S/C31H24N4O2/c36-30(22-12-14-25-28(34-35-29(25)18-22)15-13-23-10-4-5-16-32-23)21-9-6-11-24(17-21)33-31(37)27-19-26(27)20-7-2-1-3-8-20/h1-18,26-27H,19H2,(H,33,37)(H,34,35)/t26-,27?/m0/s1. The van der Waals surface area contributed by atoms with Crippen molar-refractivity contribution in [3.05, 3.63) is 125 Å². The van der Waals surface area contributed by atoms with E-state index in [1.54, 1.807) is 30.5 Å². The van der Waals surface area contributed by atoms with E-state index >= 15 is 0 Å². The van der Waals surface area contributed by atoms with Crippen LogP contribution in [0.4, 0.5) is 5.69 Å². The van der Waals surface area contributed by atoms with E-state index < -0.39 is 0 Å². The van der Waals surface area contributed by atoms with Crippen molar-refractivity contribution in [1.82, 2.24) is 15.2 Å². The molecule has 1 aliphatic carbocycles. The van der Waals surface area contributed by atoms with E-state index in [0.717, 1.165) is 28.7 Å². The highest BCUT2D eigenvalue weighted by atomic mass is 16.2. The maximum Gasteiger partial charge on any atom is 0.228 e. The number of aromatic nitrogens is 3. The van der Waals surface area contributed by atoms with Crippen LogP contribution < -0.4 is 5.32 Å². The van der Waals surface area contributed by atoms with Crippen LogP contribution in [0.3, 0.4) is 0 Å². The first-order chi connectivity index (χ1) is 18.2. The lowest BCUT2D eigenvalue weighted by molar-refractivity contribution is -0.117. The predicted octanol–water partition coefficient (Wildman–Crippen LogP) is 6.10. The number of rotatable bonds is 7. The fourth-order valence-corrected chi connectivity index (χ4v) is 4.64. The second-order valence-electron chi connectivity index (χ2n) is 9.22. The topological polar surface area (TPSA) is 87.7 Å². The summed E-state index contributed by atoms with van der Waals surface area (Å²) in [7, 11) is 0. The largest absolute Gasteiger partial charge is 0.326 e. The first kappa shape index (κ1) is 22.6. The van der Waals surface area contributed by atoms with Crippen LogP contribution in [0.2, 0.25) is 0 Å². The van der Waals surface area contributed by atoms with Crippen molar-refractivity contribution in [1.29, 1.82) is 0 Å². The van der Waals surface area contributed by atoms with Gasteiger partial charge in [-0.15, -0.1) is 0 Å². The number of hydrogen-bond donors (Lipinski definition) is 2. The lowest BCUT2D eigenvalue weighted by Crippen LogP contribution is -2.15. The summed E-state index contributed by atoms with van der Waals surface area (Å²) in [5.74, 6) is 0.0941. The van der Waals surface area contributed by atoms with E-state index in [0.29, 0.717) is 16.8 Å². The summed E-state index contributed by atoms with van der Waals surface area (Å²) in [5, 5.41) is 11.3. The number of ketones is 1. The van der Waals surface area contributed by atoms with Crippen LogP contribution in [0.15, 0.2) is 97.2 Å². The summed E-state index contributed by atoms with van der Waals surface area (Å²) >= 11 is 0. The Morgan fingerprint density at radius 1 is 0.865 bits per heavy atom. The number of H-pyrrole nitrogens is 1. The monoisotopic (exact) mass is 484 g/mol. The molecule has 6 heteroatoms. The molecule has 5 aromatic rings. The van der Waals surface area contributed by atoms with E-state index in [-0.39, 0.29) is 23.5 Å². The Labute approximate surface area is 214 Å². The van der Waals surface area contributed by atoms with Gasteiger partial charge in [0.1, 0.15) is 0 Å². The molecule has 37 heavy (non-hydrogen) atoms. The number of anilines is 1. The van der Waals surface area contributed by atoms with E-state index in [4.69, 9.17) is 0 Å². The number of nitrogens with one attached hydrogen (secondary N) is 2. The smallest absolute Gasteiger partial charge is 0.228 e. The molecule has 2 heterocycles. The minimum absolute atomic E-state index is 0.0105. The average molecular weight is 485 g/mol. The quantitative estimate of drug-likeness (QED) is 0.273. The maximum absolute atomic E-state index is 13.3. The molecule has 180 valence electrons. The third kappa shape index (κ3) is 4.82. The molecule has 2 atom stereocenters. The molecule has 1 fully saturated rings. The number of benzene rings is 3. The minimum Gasteiger partial charge on any atom is -0.326 e. The van der Waals surface area contributed by atoms with Gasteiger partial charge in [0, 0.05) is 34.3 Å². The lowest BCUT2D eigenvalue weighted by Gasteiger charge is -2.08. The molecule has 0 spiro atoms. The highest BCUT2D eigenvalue weighted by molar-refractivity contribution is 6.11. The number of amides is 1. The van der Waals surface area contributed by atoms with Crippen molar-refractivity contribution in [2.24, 2.45) is 5.92 Å². The van der Waals surface area contributed by atoms with Crippen molar-refractivity contribution in [2.75, 3.05) is 5.32 Å². The molecule has 6 rings (SSSR count). The molecule has 3 aromatic carbocycles. The number of carbonyl (C=O) groups excluding carboxylic acids is 2. The van der Waals surface area contributed by atoms with Crippen molar-refractivity contribution in [3.8, 4) is 0 Å². The van der Waals surface area contributed by atoms with Gasteiger partial charge in [-0.25, -0.2) is 0 Å². The summed E-state index contributed by atoms with van der Waals surface area (Å²) in [6, 6.07) is 28.4. The second-order valence-corrected chi connectivity index (χ2v) is 9.22. The van der Waals surface area contributed by atoms with E-state index in [1.165, 1.54) is 5.56 Å². The predicted molar refractivity (Wildman–Crippen MR) is 145 cm³/mol. The van der Waals surface area contributed by atoms with Gasteiger partial charge in [-0.1, -0.05) is 54.6 Å². The van der Waals surface area contributed by atoms with Crippen LogP contribution in [0.5, 0.6) is 0 Å². The van der Waals surface area contributed by atoms with Crippen LogP contribution >= 0.6 is 0 Å². The molecule has 0 saturated heterocycles. The molecule has 0 radical (unpaired) electrons. The van der Waals surface area contributed by atoms with Gasteiger partial charge < -0.3 is 5.32 Å². The van der Waals surface area contributed by atoms with Crippen LogP contribution in [0.25, 0.3) is 23.1 Å². The van der Waals surface area contributed by atoms with Gasteiger partial charge in [0.05, 0.1) is 16.9 Å². The summed E-state index contributed by atoms with van der Waals surface area (Å²) in [4.78, 5) is 30.3. The Balaban J connectivity index is 1.16. The number of pyridine rings is 1. The van der Waals surface area contributed by atoms with Crippen LogP contribution in [-0.2, 0) is 4.79 Å². The zero-order valence-electron chi connectivity index (χ0n) is 20.0. The van der Waals surface area contributed by atoms with E-state index in [1.807, 2.05) is 66.7 Å². The van der Waals surface area contributed by atoms with Crippen molar-refractivity contribution < 1.29 is 9.59 Å². The minimum atomic E-state index is -0.119. The summed E-state index contributed by atoms with van der Waals surface area (Å²) < 4.78 is 0. The molecule has 2 N–H and O–H groups in total. The maximum atomic E-state index is 13.3. The number of aromatic amines is 1. The third-order valence-electron chi connectivity index (χ3n) is 6.70. The highest BCUT2D eigenvalue weighted by Gasteiger charge is 2.43. The molecule has 1 aliphatic rings. The molecule has 2 aromatic heterocycles. The zero-order valence-corrected chi connectivity index (χ0v) is 20.0. The third-order valence-corrected chi connectivity index (χ3v) is 6.70. The highest BCUT2D eigenvalue weighted by Crippen LogP contribution is 2.47. The Morgan fingerprint density at radius 3 is 2.54 bits per heavy atom. The molecule has 0 aliphatic heterocycles. The van der Waals surface area contributed by atoms with E-state index in [2.05, 4.69) is 32.6 Å². The Bertz CT molecular complexity index is 1620.